The summed E-state index contributed by atoms with van der Waals surface area (Å²) in [6, 6.07) is 4.56. The molecule has 2 rings (SSSR count). The van der Waals surface area contributed by atoms with Gasteiger partial charge in [-0.3, -0.25) is 0 Å². The van der Waals surface area contributed by atoms with Gasteiger partial charge in [0.2, 0.25) is 0 Å². The number of hydrogen-bond acceptors (Lipinski definition) is 2. The number of rotatable bonds is 3. The summed E-state index contributed by atoms with van der Waals surface area (Å²) in [7, 11) is 0. The average Bonchev–Trinajstić information content (AvgIpc) is 2.52. The first-order valence-electron chi connectivity index (χ1n) is 7.01. The van der Waals surface area contributed by atoms with Gasteiger partial charge in [0.1, 0.15) is 5.82 Å². The molecule has 20 heavy (non-hydrogen) atoms. The number of halogens is 2. The lowest BCUT2D eigenvalue weighted by molar-refractivity contribution is -0.0765. The lowest BCUT2D eigenvalue weighted by atomic mass is 9.80. The highest BCUT2D eigenvalue weighted by atomic mass is 35.5. The van der Waals surface area contributed by atoms with Gasteiger partial charge >= 0.3 is 0 Å². The third-order valence-corrected chi connectivity index (χ3v) is 4.52. The number of nitrogens with two attached hydrogens (primary N) is 1. The zero-order valence-corrected chi connectivity index (χ0v) is 13.3. The van der Waals surface area contributed by atoms with E-state index < -0.39 is 0 Å². The molecule has 2 unspecified atom stereocenters. The van der Waals surface area contributed by atoms with Crippen LogP contribution in [0.25, 0.3) is 0 Å². The smallest absolute Gasteiger partial charge is 0.127 e. The van der Waals surface area contributed by atoms with E-state index in [0.29, 0.717) is 17.0 Å². The maximum absolute atomic E-state index is 13.9. The van der Waals surface area contributed by atoms with Crippen molar-refractivity contribution in [2.24, 2.45) is 11.7 Å². The Labute approximate surface area is 125 Å². The van der Waals surface area contributed by atoms with Gasteiger partial charge in [-0.1, -0.05) is 17.7 Å². The first-order valence-corrected chi connectivity index (χ1v) is 7.39. The summed E-state index contributed by atoms with van der Waals surface area (Å²) in [5, 5.41) is 0.441. The second kappa shape index (κ2) is 5.28. The second-order valence-electron chi connectivity index (χ2n) is 6.84. The molecule has 0 aromatic heterocycles. The van der Waals surface area contributed by atoms with Crippen LogP contribution in [-0.2, 0) is 11.2 Å². The van der Waals surface area contributed by atoms with Gasteiger partial charge in [0.05, 0.1) is 11.2 Å². The van der Waals surface area contributed by atoms with Crippen LogP contribution >= 0.6 is 11.6 Å². The molecule has 1 fully saturated rings. The molecule has 1 aromatic carbocycles. The molecule has 0 saturated carbocycles. The maximum Gasteiger partial charge on any atom is 0.127 e. The SMILES string of the molecule is CC1(C)CC(C(N)Cc2c(F)cccc2Cl)C(C)(C)O1. The van der Waals surface area contributed by atoms with Crippen molar-refractivity contribution in [3.63, 3.8) is 0 Å². The van der Waals surface area contributed by atoms with Gasteiger partial charge in [0, 0.05) is 22.5 Å². The fourth-order valence-corrected chi connectivity index (χ4v) is 3.62. The maximum atomic E-state index is 13.9. The minimum absolute atomic E-state index is 0.174. The summed E-state index contributed by atoms with van der Waals surface area (Å²) in [5.41, 5.74) is 6.35. The lowest BCUT2D eigenvalue weighted by Gasteiger charge is -2.31. The van der Waals surface area contributed by atoms with Crippen molar-refractivity contribution < 1.29 is 9.13 Å². The predicted octanol–water partition coefficient (Wildman–Crippen LogP) is 3.94. The van der Waals surface area contributed by atoms with Crippen molar-refractivity contribution in [2.75, 3.05) is 0 Å². The standard InChI is InChI=1S/C16H23ClFNO/c1-15(2)9-11(16(3,4)20-15)14(19)8-10-12(17)6-5-7-13(10)18/h5-7,11,14H,8-9,19H2,1-4H3. The molecular weight excluding hydrogens is 277 g/mol. The van der Waals surface area contributed by atoms with Crippen LogP contribution in [-0.4, -0.2) is 17.2 Å². The molecule has 1 aromatic rings. The van der Waals surface area contributed by atoms with Crippen LogP contribution in [0.5, 0.6) is 0 Å². The van der Waals surface area contributed by atoms with Gasteiger partial charge < -0.3 is 10.5 Å². The fourth-order valence-electron chi connectivity index (χ4n) is 3.38. The Kier molecular flexibility index (Phi) is 4.16. The van der Waals surface area contributed by atoms with Gasteiger partial charge in [-0.2, -0.15) is 0 Å². The minimum atomic E-state index is -0.305. The van der Waals surface area contributed by atoms with E-state index >= 15 is 0 Å². The van der Waals surface area contributed by atoms with E-state index in [1.165, 1.54) is 6.07 Å². The van der Waals surface area contributed by atoms with Crippen molar-refractivity contribution in [1.82, 2.24) is 0 Å². The Morgan fingerprint density at radius 2 is 2.05 bits per heavy atom. The fraction of sp³-hybridized carbons (Fsp3) is 0.625. The van der Waals surface area contributed by atoms with Crippen LogP contribution in [0, 0.1) is 11.7 Å². The molecule has 1 aliphatic heterocycles. The predicted molar refractivity (Wildman–Crippen MR) is 80.4 cm³/mol. The van der Waals surface area contributed by atoms with E-state index in [-0.39, 0.29) is 29.0 Å². The molecule has 2 N–H and O–H groups in total. The van der Waals surface area contributed by atoms with Crippen molar-refractivity contribution in [3.05, 3.63) is 34.6 Å². The van der Waals surface area contributed by atoms with Crippen molar-refractivity contribution in [3.8, 4) is 0 Å². The first kappa shape index (κ1) is 15.7. The summed E-state index contributed by atoms with van der Waals surface area (Å²) in [5.74, 6) is -0.114. The van der Waals surface area contributed by atoms with Gasteiger partial charge in [-0.15, -0.1) is 0 Å². The summed E-state index contributed by atoms with van der Waals surface area (Å²) >= 11 is 6.08. The summed E-state index contributed by atoms with van der Waals surface area (Å²) in [6.07, 6.45) is 1.30. The topological polar surface area (TPSA) is 35.2 Å². The van der Waals surface area contributed by atoms with Crippen LogP contribution in [0.3, 0.4) is 0 Å². The highest BCUT2D eigenvalue weighted by molar-refractivity contribution is 6.31. The van der Waals surface area contributed by atoms with E-state index in [4.69, 9.17) is 22.1 Å². The van der Waals surface area contributed by atoms with Crippen molar-refractivity contribution in [1.29, 1.82) is 0 Å². The highest BCUT2D eigenvalue weighted by Gasteiger charge is 2.48. The molecular formula is C16H23ClFNO. The van der Waals surface area contributed by atoms with Crippen LogP contribution in [0.4, 0.5) is 4.39 Å². The van der Waals surface area contributed by atoms with Crippen LogP contribution in [0.2, 0.25) is 5.02 Å². The van der Waals surface area contributed by atoms with Crippen LogP contribution < -0.4 is 5.73 Å². The first-order chi connectivity index (χ1) is 9.12. The monoisotopic (exact) mass is 299 g/mol. The zero-order chi connectivity index (χ0) is 15.1. The molecule has 4 heteroatoms. The van der Waals surface area contributed by atoms with E-state index in [1.807, 2.05) is 0 Å². The molecule has 1 aliphatic rings. The second-order valence-corrected chi connectivity index (χ2v) is 7.25. The van der Waals surface area contributed by atoms with Gasteiger partial charge in [-0.25, -0.2) is 4.39 Å². The third kappa shape index (κ3) is 3.16. The lowest BCUT2D eigenvalue weighted by Crippen LogP contribution is -2.42. The van der Waals surface area contributed by atoms with Gasteiger partial charge in [0.25, 0.3) is 0 Å². The number of hydrogen-bond donors (Lipinski definition) is 1. The molecule has 0 bridgehead atoms. The quantitative estimate of drug-likeness (QED) is 0.917. The van der Waals surface area contributed by atoms with E-state index in [2.05, 4.69) is 27.7 Å². The number of ether oxygens (including phenoxy) is 1. The largest absolute Gasteiger partial charge is 0.369 e. The zero-order valence-electron chi connectivity index (χ0n) is 12.5. The molecule has 112 valence electrons. The molecule has 1 saturated heterocycles. The van der Waals surface area contributed by atoms with Crippen molar-refractivity contribution >= 4 is 11.6 Å². The normalized spacial score (nSPS) is 25.6. The molecule has 1 heterocycles. The Balaban J connectivity index is 2.19. The van der Waals surface area contributed by atoms with E-state index in [9.17, 15) is 4.39 Å². The van der Waals surface area contributed by atoms with Crippen LogP contribution in [0.15, 0.2) is 18.2 Å². The minimum Gasteiger partial charge on any atom is -0.369 e. The summed E-state index contributed by atoms with van der Waals surface area (Å²) in [6.45, 7) is 8.24. The van der Waals surface area contributed by atoms with E-state index in [1.54, 1.807) is 12.1 Å². The molecule has 0 amide bonds. The van der Waals surface area contributed by atoms with Crippen molar-refractivity contribution in [2.45, 2.75) is 57.8 Å². The number of benzene rings is 1. The highest BCUT2D eigenvalue weighted by Crippen LogP contribution is 2.43. The summed E-state index contributed by atoms with van der Waals surface area (Å²) < 4.78 is 19.9. The van der Waals surface area contributed by atoms with Gasteiger partial charge in [0.15, 0.2) is 0 Å². The summed E-state index contributed by atoms with van der Waals surface area (Å²) in [4.78, 5) is 0. The molecule has 0 spiro atoms. The Morgan fingerprint density at radius 3 is 2.55 bits per heavy atom. The van der Waals surface area contributed by atoms with E-state index in [0.717, 1.165) is 6.42 Å². The third-order valence-electron chi connectivity index (χ3n) is 4.16. The average molecular weight is 300 g/mol. The molecule has 2 atom stereocenters. The Morgan fingerprint density at radius 1 is 1.40 bits per heavy atom. The Hall–Kier alpha value is -0.640. The van der Waals surface area contributed by atoms with Gasteiger partial charge in [-0.05, 0) is 52.7 Å². The Bertz CT molecular complexity index is 481. The molecule has 0 aliphatic carbocycles. The molecule has 2 nitrogen and oxygen atoms in total. The van der Waals surface area contributed by atoms with Crippen LogP contribution in [0.1, 0.15) is 39.7 Å². The molecule has 0 radical (unpaired) electrons.